The van der Waals surface area contributed by atoms with Gasteiger partial charge in [-0.2, -0.15) is 5.26 Å². The average molecular weight is 237 g/mol. The largest absolute Gasteiger partial charge is 0.325 e. The van der Waals surface area contributed by atoms with Gasteiger partial charge in [0.05, 0.1) is 10.7 Å². The van der Waals surface area contributed by atoms with E-state index in [-0.39, 0.29) is 17.3 Å². The monoisotopic (exact) mass is 237 g/mol. The summed E-state index contributed by atoms with van der Waals surface area (Å²) < 4.78 is 0. The first-order chi connectivity index (χ1) is 7.63. The summed E-state index contributed by atoms with van der Waals surface area (Å²) in [6.45, 7) is 0. The fourth-order valence-electron chi connectivity index (χ4n) is 0.961. The van der Waals surface area contributed by atoms with Crippen molar-refractivity contribution in [2.24, 2.45) is 0 Å². The van der Waals surface area contributed by atoms with Crippen molar-refractivity contribution in [1.82, 2.24) is 0 Å². The predicted octanol–water partition coefficient (Wildman–Crippen LogP) is 1.75. The molecule has 16 heavy (non-hydrogen) atoms. The Morgan fingerprint density at radius 3 is 2.62 bits per heavy atom. The van der Waals surface area contributed by atoms with Gasteiger partial charge in [0.25, 0.3) is 5.69 Å². The van der Waals surface area contributed by atoms with Crippen LogP contribution < -0.4 is 5.32 Å². The van der Waals surface area contributed by atoms with Crippen molar-refractivity contribution in [2.75, 3.05) is 11.1 Å². The highest BCUT2D eigenvalue weighted by Gasteiger charge is 2.06. The number of nitrogens with zero attached hydrogens (tertiary/aromatic N) is 2. The molecule has 0 bridgehead atoms. The van der Waals surface area contributed by atoms with Gasteiger partial charge in [-0.3, -0.25) is 14.9 Å². The van der Waals surface area contributed by atoms with E-state index in [9.17, 15) is 14.9 Å². The summed E-state index contributed by atoms with van der Waals surface area (Å²) in [5.41, 5.74) is 0.429. The van der Waals surface area contributed by atoms with Crippen molar-refractivity contribution in [2.45, 2.75) is 0 Å². The number of anilines is 1. The zero-order chi connectivity index (χ0) is 12.0. The van der Waals surface area contributed by atoms with E-state index >= 15 is 0 Å². The molecule has 0 saturated heterocycles. The molecule has 1 aromatic carbocycles. The van der Waals surface area contributed by atoms with Crippen molar-refractivity contribution in [3.63, 3.8) is 0 Å². The van der Waals surface area contributed by atoms with Crippen molar-refractivity contribution in [3.8, 4) is 5.40 Å². The molecule has 0 aliphatic carbocycles. The molecule has 0 aliphatic heterocycles. The molecule has 1 aromatic rings. The van der Waals surface area contributed by atoms with Crippen LogP contribution in [-0.4, -0.2) is 16.6 Å². The number of amides is 1. The van der Waals surface area contributed by atoms with Gasteiger partial charge < -0.3 is 5.32 Å². The first-order valence-corrected chi connectivity index (χ1v) is 5.17. The minimum absolute atomic E-state index is 0.0352. The van der Waals surface area contributed by atoms with Crippen LogP contribution in [0.15, 0.2) is 24.3 Å². The summed E-state index contributed by atoms with van der Waals surface area (Å²) >= 11 is 0.829. The smallest absolute Gasteiger partial charge is 0.269 e. The molecule has 0 heterocycles. The van der Waals surface area contributed by atoms with Gasteiger partial charge in [-0.25, -0.2) is 0 Å². The lowest BCUT2D eigenvalue weighted by Gasteiger charge is -2.02. The minimum atomic E-state index is -0.517. The Hall–Kier alpha value is -2.07. The lowest BCUT2D eigenvalue weighted by atomic mass is 10.3. The van der Waals surface area contributed by atoms with Crippen molar-refractivity contribution in [3.05, 3.63) is 34.4 Å². The van der Waals surface area contributed by atoms with E-state index in [4.69, 9.17) is 5.26 Å². The van der Waals surface area contributed by atoms with Crippen LogP contribution in [0, 0.1) is 20.8 Å². The third kappa shape index (κ3) is 3.59. The van der Waals surface area contributed by atoms with E-state index in [1.54, 1.807) is 5.40 Å². The topological polar surface area (TPSA) is 96.0 Å². The standard InChI is InChI=1S/C9H7N3O3S/c10-6-16-5-9(13)11-7-1-3-8(4-2-7)12(14)15/h1-4H,5H2,(H,11,13). The second-order valence-electron chi connectivity index (χ2n) is 2.73. The van der Waals surface area contributed by atoms with Crippen LogP contribution in [0.4, 0.5) is 11.4 Å². The number of rotatable bonds is 4. The predicted molar refractivity (Wildman–Crippen MR) is 59.8 cm³/mol. The Kier molecular flexibility index (Phi) is 4.29. The third-order valence-corrected chi connectivity index (χ3v) is 2.17. The van der Waals surface area contributed by atoms with Crippen molar-refractivity contribution in [1.29, 1.82) is 5.26 Å². The maximum atomic E-state index is 11.2. The van der Waals surface area contributed by atoms with Crippen molar-refractivity contribution < 1.29 is 9.72 Å². The van der Waals surface area contributed by atoms with Crippen LogP contribution in [0.2, 0.25) is 0 Å². The molecule has 0 unspecified atom stereocenters. The number of nitro benzene ring substituents is 1. The molecule has 0 saturated carbocycles. The Bertz CT molecular complexity index is 438. The minimum Gasteiger partial charge on any atom is -0.325 e. The lowest BCUT2D eigenvalue weighted by molar-refractivity contribution is -0.384. The second-order valence-corrected chi connectivity index (χ2v) is 3.49. The maximum absolute atomic E-state index is 11.2. The van der Waals surface area contributed by atoms with Gasteiger partial charge >= 0.3 is 0 Å². The molecule has 82 valence electrons. The molecule has 0 aromatic heterocycles. The van der Waals surface area contributed by atoms with Crippen LogP contribution in [0.25, 0.3) is 0 Å². The Morgan fingerprint density at radius 2 is 2.12 bits per heavy atom. The molecular formula is C9H7N3O3S. The number of carbonyl (C=O) groups excluding carboxylic acids is 1. The summed E-state index contributed by atoms with van der Waals surface area (Å²) in [6.07, 6.45) is 0. The molecule has 0 spiro atoms. The molecule has 0 fully saturated rings. The van der Waals surface area contributed by atoms with Gasteiger partial charge in [-0.05, 0) is 23.9 Å². The fourth-order valence-corrected chi connectivity index (χ4v) is 1.23. The van der Waals surface area contributed by atoms with Crippen LogP contribution in [0.5, 0.6) is 0 Å². The third-order valence-electron chi connectivity index (χ3n) is 1.63. The zero-order valence-corrected chi connectivity index (χ0v) is 8.86. The number of thiocyanates is 1. The van der Waals surface area contributed by atoms with E-state index in [0.717, 1.165) is 11.8 Å². The number of nitro groups is 1. The lowest BCUT2D eigenvalue weighted by Crippen LogP contribution is -2.13. The molecule has 1 rings (SSSR count). The fraction of sp³-hybridized carbons (Fsp3) is 0.111. The van der Waals surface area contributed by atoms with Gasteiger partial charge in [-0.15, -0.1) is 0 Å². The number of carbonyl (C=O) groups is 1. The van der Waals surface area contributed by atoms with Crippen LogP contribution in [0.1, 0.15) is 0 Å². The average Bonchev–Trinajstić information content (AvgIpc) is 2.27. The Labute approximate surface area is 95.4 Å². The quantitative estimate of drug-likeness (QED) is 0.489. The number of benzene rings is 1. The Morgan fingerprint density at radius 1 is 1.50 bits per heavy atom. The molecular weight excluding hydrogens is 230 g/mol. The van der Waals surface area contributed by atoms with Gasteiger partial charge in [0.2, 0.25) is 5.91 Å². The van der Waals surface area contributed by atoms with E-state index in [2.05, 4.69) is 5.32 Å². The number of non-ortho nitro benzene ring substituents is 1. The van der Waals surface area contributed by atoms with Crippen LogP contribution >= 0.6 is 11.8 Å². The van der Waals surface area contributed by atoms with Crippen molar-refractivity contribution >= 4 is 29.0 Å². The van der Waals surface area contributed by atoms with E-state index in [1.807, 2.05) is 0 Å². The molecule has 0 aliphatic rings. The number of nitriles is 1. The summed E-state index contributed by atoms with van der Waals surface area (Å²) in [7, 11) is 0. The highest BCUT2D eigenvalue weighted by atomic mass is 32.2. The number of hydrogen-bond acceptors (Lipinski definition) is 5. The summed E-state index contributed by atoms with van der Waals surface area (Å²) in [5.74, 6) is -0.284. The van der Waals surface area contributed by atoms with Gasteiger partial charge in [0.15, 0.2) is 0 Å². The van der Waals surface area contributed by atoms with Gasteiger partial charge in [0.1, 0.15) is 5.40 Å². The first-order valence-electron chi connectivity index (χ1n) is 4.18. The highest BCUT2D eigenvalue weighted by molar-refractivity contribution is 8.04. The number of hydrogen-bond donors (Lipinski definition) is 1. The normalized spacial score (nSPS) is 9.19. The Balaban J connectivity index is 2.59. The molecule has 0 atom stereocenters. The van der Waals surface area contributed by atoms with E-state index < -0.39 is 4.92 Å². The zero-order valence-electron chi connectivity index (χ0n) is 8.04. The van der Waals surface area contributed by atoms with Crippen LogP contribution in [0.3, 0.4) is 0 Å². The summed E-state index contributed by atoms with van der Waals surface area (Å²) in [5, 5.41) is 22.9. The van der Waals surface area contributed by atoms with Gasteiger partial charge in [0, 0.05) is 17.8 Å². The van der Waals surface area contributed by atoms with Gasteiger partial charge in [-0.1, -0.05) is 0 Å². The summed E-state index contributed by atoms with van der Waals surface area (Å²) in [6, 6.07) is 5.47. The molecule has 6 nitrogen and oxygen atoms in total. The number of nitrogens with one attached hydrogen (secondary N) is 1. The number of thioether (sulfide) groups is 1. The molecule has 1 N–H and O–H groups in total. The van der Waals surface area contributed by atoms with E-state index in [1.165, 1.54) is 24.3 Å². The molecule has 7 heteroatoms. The molecule has 0 radical (unpaired) electrons. The van der Waals surface area contributed by atoms with E-state index in [0.29, 0.717) is 5.69 Å². The second kappa shape index (κ2) is 5.72. The molecule has 1 amide bonds. The first kappa shape index (κ1) is 12.0. The maximum Gasteiger partial charge on any atom is 0.269 e. The SMILES string of the molecule is N#CSCC(=O)Nc1ccc([N+](=O)[O-])cc1. The van der Waals surface area contributed by atoms with Crippen LogP contribution in [-0.2, 0) is 4.79 Å². The summed E-state index contributed by atoms with van der Waals surface area (Å²) in [4.78, 5) is 21.0. The highest BCUT2D eigenvalue weighted by Crippen LogP contribution is 2.15.